The second kappa shape index (κ2) is 3.24. The van der Waals surface area contributed by atoms with Crippen LogP contribution in [0.3, 0.4) is 0 Å². The maximum Gasteiger partial charge on any atom is 0.0488 e. The molecular weight excluding hydrogens is 194 g/mol. The molecule has 82 valence electrons. The van der Waals surface area contributed by atoms with Gasteiger partial charge in [0.2, 0.25) is 0 Å². The van der Waals surface area contributed by atoms with Crippen LogP contribution >= 0.6 is 0 Å². The van der Waals surface area contributed by atoms with E-state index in [0.29, 0.717) is 0 Å². The first-order valence-electron chi connectivity index (χ1n) is 5.92. The van der Waals surface area contributed by atoms with Gasteiger partial charge in [-0.15, -0.1) is 0 Å². The van der Waals surface area contributed by atoms with Gasteiger partial charge in [-0.1, -0.05) is 17.7 Å². The SMILES string of the molecule is CC1=Cc2c(c3ccc(C)cc3n2C)CC1. The Kier molecular flexibility index (Phi) is 1.97. The Balaban J connectivity index is 2.41. The highest BCUT2D eigenvalue weighted by Gasteiger charge is 2.16. The molecule has 1 heterocycles. The normalized spacial score (nSPS) is 15.1. The molecule has 0 fully saturated rings. The van der Waals surface area contributed by atoms with E-state index in [-0.39, 0.29) is 0 Å². The third kappa shape index (κ3) is 1.24. The molecule has 0 aliphatic heterocycles. The van der Waals surface area contributed by atoms with Gasteiger partial charge < -0.3 is 4.57 Å². The summed E-state index contributed by atoms with van der Waals surface area (Å²) in [5.74, 6) is 0. The summed E-state index contributed by atoms with van der Waals surface area (Å²) in [5.41, 5.74) is 7.14. The van der Waals surface area contributed by atoms with Crippen LogP contribution in [-0.4, -0.2) is 4.57 Å². The summed E-state index contributed by atoms with van der Waals surface area (Å²) in [6.07, 6.45) is 4.74. The predicted octanol–water partition coefficient (Wildman–Crippen LogP) is 3.84. The fraction of sp³-hybridized carbons (Fsp3) is 0.333. The number of hydrogen-bond donors (Lipinski definition) is 0. The number of rotatable bonds is 0. The standard InChI is InChI=1S/C15H17N/c1-10-4-6-12-13-7-5-11(2)9-15(13)16(3)14(12)8-10/h4,6,8-9H,5,7H2,1-3H3. The summed E-state index contributed by atoms with van der Waals surface area (Å²) in [4.78, 5) is 0. The lowest BCUT2D eigenvalue weighted by atomic mass is 9.96. The average molecular weight is 211 g/mol. The smallest absolute Gasteiger partial charge is 0.0488 e. The highest BCUT2D eigenvalue weighted by molar-refractivity contribution is 5.89. The van der Waals surface area contributed by atoms with Crippen molar-refractivity contribution in [3.05, 3.63) is 40.6 Å². The molecule has 0 amide bonds. The molecule has 0 radical (unpaired) electrons. The Hall–Kier alpha value is -1.50. The molecule has 1 heteroatoms. The van der Waals surface area contributed by atoms with Crippen LogP contribution in [0.15, 0.2) is 23.8 Å². The highest BCUT2D eigenvalue weighted by atomic mass is 14.9. The lowest BCUT2D eigenvalue weighted by molar-refractivity contribution is 0.882. The highest BCUT2D eigenvalue weighted by Crippen LogP contribution is 2.32. The topological polar surface area (TPSA) is 4.93 Å². The molecule has 0 N–H and O–H groups in total. The van der Waals surface area contributed by atoms with Gasteiger partial charge >= 0.3 is 0 Å². The van der Waals surface area contributed by atoms with E-state index in [9.17, 15) is 0 Å². The van der Waals surface area contributed by atoms with Crippen molar-refractivity contribution in [2.24, 2.45) is 7.05 Å². The lowest BCUT2D eigenvalue weighted by Gasteiger charge is -2.11. The monoisotopic (exact) mass is 211 g/mol. The lowest BCUT2D eigenvalue weighted by Crippen LogP contribution is -1.99. The molecule has 1 aliphatic carbocycles. The molecule has 1 nitrogen and oxygen atoms in total. The van der Waals surface area contributed by atoms with Gasteiger partial charge in [0.15, 0.2) is 0 Å². The Labute approximate surface area is 96.4 Å². The predicted molar refractivity (Wildman–Crippen MR) is 69.6 cm³/mol. The first-order chi connectivity index (χ1) is 7.66. The fourth-order valence-electron chi connectivity index (χ4n) is 2.72. The number of nitrogens with zero attached hydrogens (tertiary/aromatic N) is 1. The van der Waals surface area contributed by atoms with E-state index in [1.807, 2.05) is 0 Å². The van der Waals surface area contributed by atoms with Crippen molar-refractivity contribution in [2.75, 3.05) is 0 Å². The van der Waals surface area contributed by atoms with E-state index in [4.69, 9.17) is 0 Å². The minimum Gasteiger partial charge on any atom is -0.344 e. The van der Waals surface area contributed by atoms with Crippen LogP contribution in [0.25, 0.3) is 17.0 Å². The molecule has 0 spiro atoms. The summed E-state index contributed by atoms with van der Waals surface area (Å²) in [6, 6.07) is 6.78. The number of allylic oxidation sites excluding steroid dienone is 1. The molecule has 1 aromatic carbocycles. The van der Waals surface area contributed by atoms with Crippen LogP contribution < -0.4 is 0 Å². The van der Waals surface area contributed by atoms with Crippen molar-refractivity contribution in [2.45, 2.75) is 26.7 Å². The molecule has 0 unspecified atom stereocenters. The maximum atomic E-state index is 2.34. The Morgan fingerprint density at radius 3 is 2.75 bits per heavy atom. The van der Waals surface area contributed by atoms with Crippen LogP contribution in [0.1, 0.15) is 30.2 Å². The van der Waals surface area contributed by atoms with E-state index in [1.165, 1.54) is 46.1 Å². The minimum absolute atomic E-state index is 1.19. The van der Waals surface area contributed by atoms with Crippen LogP contribution in [0.2, 0.25) is 0 Å². The maximum absolute atomic E-state index is 2.34. The first-order valence-corrected chi connectivity index (χ1v) is 5.92. The third-order valence-corrected chi connectivity index (χ3v) is 3.66. The summed E-state index contributed by atoms with van der Waals surface area (Å²) in [5, 5.41) is 1.44. The Morgan fingerprint density at radius 1 is 1.12 bits per heavy atom. The van der Waals surface area contributed by atoms with Crippen molar-refractivity contribution in [3.8, 4) is 0 Å². The first kappa shape index (κ1) is 9.71. The summed E-state index contributed by atoms with van der Waals surface area (Å²) in [6.45, 7) is 4.39. The van der Waals surface area contributed by atoms with Crippen molar-refractivity contribution in [1.82, 2.24) is 4.57 Å². The number of aryl methyl sites for hydroxylation is 3. The van der Waals surface area contributed by atoms with Crippen molar-refractivity contribution in [1.29, 1.82) is 0 Å². The second-order valence-corrected chi connectivity index (χ2v) is 4.93. The van der Waals surface area contributed by atoms with E-state index in [1.54, 1.807) is 0 Å². The van der Waals surface area contributed by atoms with E-state index in [2.05, 4.69) is 49.7 Å². The largest absolute Gasteiger partial charge is 0.344 e. The molecule has 16 heavy (non-hydrogen) atoms. The molecule has 0 saturated carbocycles. The van der Waals surface area contributed by atoms with Gasteiger partial charge in [-0.3, -0.25) is 0 Å². The summed E-state index contributed by atoms with van der Waals surface area (Å²) in [7, 11) is 2.18. The molecular formula is C15H17N. The van der Waals surface area contributed by atoms with E-state index < -0.39 is 0 Å². The zero-order chi connectivity index (χ0) is 11.3. The fourth-order valence-corrected chi connectivity index (χ4v) is 2.72. The van der Waals surface area contributed by atoms with Crippen molar-refractivity contribution < 1.29 is 0 Å². The number of hydrogen-bond acceptors (Lipinski definition) is 0. The van der Waals surface area contributed by atoms with Gasteiger partial charge in [0.25, 0.3) is 0 Å². The molecule has 0 atom stereocenters. The number of fused-ring (bicyclic) bond motifs is 3. The summed E-state index contributed by atoms with van der Waals surface area (Å²) < 4.78 is 2.33. The third-order valence-electron chi connectivity index (χ3n) is 3.66. The van der Waals surface area contributed by atoms with Gasteiger partial charge in [0.05, 0.1) is 0 Å². The van der Waals surface area contributed by atoms with Crippen LogP contribution in [-0.2, 0) is 13.5 Å². The van der Waals surface area contributed by atoms with E-state index in [0.717, 1.165) is 0 Å². The van der Waals surface area contributed by atoms with Gasteiger partial charge in [0, 0.05) is 23.6 Å². The van der Waals surface area contributed by atoms with Crippen LogP contribution in [0.4, 0.5) is 0 Å². The molecule has 0 bridgehead atoms. The van der Waals surface area contributed by atoms with Gasteiger partial charge in [-0.2, -0.15) is 0 Å². The van der Waals surface area contributed by atoms with E-state index >= 15 is 0 Å². The van der Waals surface area contributed by atoms with Gasteiger partial charge in [0.1, 0.15) is 0 Å². The molecule has 1 aliphatic rings. The minimum atomic E-state index is 1.19. The summed E-state index contributed by atoms with van der Waals surface area (Å²) >= 11 is 0. The van der Waals surface area contributed by atoms with Crippen molar-refractivity contribution in [3.63, 3.8) is 0 Å². The van der Waals surface area contributed by atoms with Crippen molar-refractivity contribution >= 4 is 17.0 Å². The molecule has 2 aromatic rings. The van der Waals surface area contributed by atoms with Gasteiger partial charge in [-0.25, -0.2) is 0 Å². The number of aromatic nitrogens is 1. The van der Waals surface area contributed by atoms with Gasteiger partial charge in [-0.05, 0) is 50.0 Å². The Morgan fingerprint density at radius 2 is 1.94 bits per heavy atom. The second-order valence-electron chi connectivity index (χ2n) is 4.93. The molecule has 1 aromatic heterocycles. The molecule has 3 rings (SSSR count). The number of benzene rings is 1. The quantitative estimate of drug-likeness (QED) is 0.624. The zero-order valence-corrected chi connectivity index (χ0v) is 10.2. The average Bonchev–Trinajstić information content (AvgIpc) is 2.53. The van der Waals surface area contributed by atoms with Crippen LogP contribution in [0.5, 0.6) is 0 Å². The Bertz CT molecular complexity index is 599. The zero-order valence-electron chi connectivity index (χ0n) is 10.2. The molecule has 0 saturated heterocycles. The van der Waals surface area contributed by atoms with Crippen LogP contribution in [0, 0.1) is 6.92 Å².